The molecule has 1 saturated heterocycles. The molecule has 0 aliphatic carbocycles. The van der Waals surface area contributed by atoms with Crippen molar-refractivity contribution in [2.24, 2.45) is 10.9 Å². The molecule has 2 N–H and O–H groups in total. The third kappa shape index (κ3) is 7.29. The van der Waals surface area contributed by atoms with Gasteiger partial charge < -0.3 is 20.1 Å². The Kier molecular flexibility index (Phi) is 8.59. The van der Waals surface area contributed by atoms with E-state index in [0.717, 1.165) is 44.4 Å². The number of aromatic nitrogens is 3. The fourth-order valence-corrected chi connectivity index (χ4v) is 2.98. The Morgan fingerprint density at radius 1 is 1.04 bits per heavy atom. The highest BCUT2D eigenvalue weighted by atomic mass is 15.2. The Morgan fingerprint density at radius 2 is 1.71 bits per heavy atom. The molecule has 24 heavy (non-hydrogen) atoms. The van der Waals surface area contributed by atoms with Gasteiger partial charge in [0, 0.05) is 26.7 Å². The molecule has 1 aliphatic rings. The maximum atomic E-state index is 4.29. The highest BCUT2D eigenvalue weighted by Crippen LogP contribution is 2.15. The summed E-state index contributed by atoms with van der Waals surface area (Å²) in [6, 6.07) is 0. The summed E-state index contributed by atoms with van der Waals surface area (Å²) in [5.74, 6) is 1.82. The SMILES string of the molecule is CN=C(NCCCCn1cnnc1)NCCCN1CCC(C)CC1. The van der Waals surface area contributed by atoms with Crippen molar-refractivity contribution in [1.29, 1.82) is 0 Å². The van der Waals surface area contributed by atoms with E-state index in [2.05, 4.69) is 37.6 Å². The van der Waals surface area contributed by atoms with Crippen molar-refractivity contribution in [2.75, 3.05) is 39.8 Å². The Balaban J connectivity index is 1.46. The van der Waals surface area contributed by atoms with Crippen LogP contribution in [0.15, 0.2) is 17.6 Å². The summed E-state index contributed by atoms with van der Waals surface area (Å²) in [5, 5.41) is 14.4. The molecular formula is C17H33N7. The van der Waals surface area contributed by atoms with Gasteiger partial charge in [0.2, 0.25) is 0 Å². The number of nitrogens with one attached hydrogen (secondary N) is 2. The molecular weight excluding hydrogens is 302 g/mol. The van der Waals surface area contributed by atoms with Crippen LogP contribution in [0, 0.1) is 5.92 Å². The highest BCUT2D eigenvalue weighted by molar-refractivity contribution is 5.79. The van der Waals surface area contributed by atoms with Crippen LogP contribution in [0.5, 0.6) is 0 Å². The first-order chi connectivity index (χ1) is 11.8. The van der Waals surface area contributed by atoms with Gasteiger partial charge in [-0.05, 0) is 57.7 Å². The number of piperidine rings is 1. The van der Waals surface area contributed by atoms with E-state index in [1.54, 1.807) is 12.7 Å². The normalized spacial score (nSPS) is 17.2. The lowest BCUT2D eigenvalue weighted by atomic mass is 9.99. The molecule has 7 heteroatoms. The summed E-state index contributed by atoms with van der Waals surface area (Å²) in [6.07, 6.45) is 9.61. The number of hydrogen-bond donors (Lipinski definition) is 2. The first-order valence-corrected chi connectivity index (χ1v) is 9.27. The van der Waals surface area contributed by atoms with Gasteiger partial charge in [-0.3, -0.25) is 4.99 Å². The molecule has 0 atom stereocenters. The van der Waals surface area contributed by atoms with Crippen LogP contribution in [0.25, 0.3) is 0 Å². The van der Waals surface area contributed by atoms with Gasteiger partial charge in [-0.1, -0.05) is 6.92 Å². The number of aliphatic imine (C=N–C) groups is 1. The second-order valence-corrected chi connectivity index (χ2v) is 6.71. The largest absolute Gasteiger partial charge is 0.356 e. The van der Waals surface area contributed by atoms with Crippen LogP contribution in [0.1, 0.15) is 39.0 Å². The standard InChI is InChI=1S/C17H33N7/c1-16-6-12-23(13-7-16)11-5-9-20-17(18-2)19-8-3-4-10-24-14-21-22-15-24/h14-16H,3-13H2,1-2H3,(H2,18,19,20). The molecule has 7 nitrogen and oxygen atoms in total. The maximum Gasteiger partial charge on any atom is 0.190 e. The Bertz CT molecular complexity index is 450. The fourth-order valence-electron chi connectivity index (χ4n) is 2.98. The maximum absolute atomic E-state index is 4.29. The molecule has 1 aromatic heterocycles. The highest BCUT2D eigenvalue weighted by Gasteiger charge is 2.14. The van der Waals surface area contributed by atoms with Crippen LogP contribution in [-0.4, -0.2) is 65.4 Å². The van der Waals surface area contributed by atoms with E-state index in [1.165, 1.54) is 38.9 Å². The molecule has 0 bridgehead atoms. The molecule has 0 saturated carbocycles. The van der Waals surface area contributed by atoms with Crippen molar-refractivity contribution in [1.82, 2.24) is 30.3 Å². The van der Waals surface area contributed by atoms with Crippen molar-refractivity contribution in [2.45, 2.75) is 45.6 Å². The average Bonchev–Trinajstić information content (AvgIpc) is 3.11. The van der Waals surface area contributed by atoms with Crippen molar-refractivity contribution in [3.05, 3.63) is 12.7 Å². The van der Waals surface area contributed by atoms with Crippen molar-refractivity contribution >= 4 is 5.96 Å². The van der Waals surface area contributed by atoms with Gasteiger partial charge in [0.05, 0.1) is 0 Å². The van der Waals surface area contributed by atoms with E-state index in [4.69, 9.17) is 0 Å². The molecule has 136 valence electrons. The predicted molar refractivity (Wildman–Crippen MR) is 98.1 cm³/mol. The van der Waals surface area contributed by atoms with Gasteiger partial charge in [0.1, 0.15) is 12.7 Å². The molecule has 2 rings (SSSR count). The van der Waals surface area contributed by atoms with Gasteiger partial charge >= 0.3 is 0 Å². The minimum atomic E-state index is 0.909. The summed E-state index contributed by atoms with van der Waals surface area (Å²) in [4.78, 5) is 6.87. The van der Waals surface area contributed by atoms with E-state index in [1.807, 2.05) is 11.6 Å². The third-order valence-corrected chi connectivity index (χ3v) is 4.65. The van der Waals surface area contributed by atoms with Crippen LogP contribution in [0.3, 0.4) is 0 Å². The topological polar surface area (TPSA) is 70.4 Å². The Morgan fingerprint density at radius 3 is 2.38 bits per heavy atom. The lowest BCUT2D eigenvalue weighted by Gasteiger charge is -2.30. The van der Waals surface area contributed by atoms with E-state index in [0.29, 0.717) is 0 Å². The second-order valence-electron chi connectivity index (χ2n) is 6.71. The first-order valence-electron chi connectivity index (χ1n) is 9.27. The van der Waals surface area contributed by atoms with Gasteiger partial charge in [0.15, 0.2) is 5.96 Å². The summed E-state index contributed by atoms with van der Waals surface area (Å²) in [7, 11) is 1.83. The minimum Gasteiger partial charge on any atom is -0.356 e. The number of unbranched alkanes of at least 4 members (excludes halogenated alkanes) is 1. The number of nitrogens with zero attached hydrogens (tertiary/aromatic N) is 5. The zero-order chi connectivity index (χ0) is 17.0. The lowest BCUT2D eigenvalue weighted by molar-refractivity contribution is 0.191. The van der Waals surface area contributed by atoms with Crippen LogP contribution < -0.4 is 10.6 Å². The molecule has 0 radical (unpaired) electrons. The molecule has 1 aliphatic heterocycles. The Hall–Kier alpha value is -1.63. The van der Waals surface area contributed by atoms with Crippen LogP contribution in [0.2, 0.25) is 0 Å². The molecule has 0 spiro atoms. The van der Waals surface area contributed by atoms with Gasteiger partial charge in [-0.25, -0.2) is 0 Å². The summed E-state index contributed by atoms with van der Waals surface area (Å²) in [5.41, 5.74) is 0. The molecule has 0 aromatic carbocycles. The van der Waals surface area contributed by atoms with Crippen molar-refractivity contribution in [3.63, 3.8) is 0 Å². The molecule has 0 unspecified atom stereocenters. The number of hydrogen-bond acceptors (Lipinski definition) is 4. The quantitative estimate of drug-likeness (QED) is 0.405. The van der Waals surface area contributed by atoms with Crippen LogP contribution in [-0.2, 0) is 6.54 Å². The predicted octanol–water partition coefficient (Wildman–Crippen LogP) is 1.35. The van der Waals surface area contributed by atoms with E-state index in [-0.39, 0.29) is 0 Å². The summed E-state index contributed by atoms with van der Waals surface area (Å²) < 4.78 is 2.01. The number of likely N-dealkylation sites (tertiary alicyclic amines) is 1. The molecule has 0 amide bonds. The number of aryl methyl sites for hydroxylation is 1. The first kappa shape index (κ1) is 18.7. The molecule has 1 aromatic rings. The number of guanidine groups is 1. The summed E-state index contributed by atoms with van der Waals surface area (Å²) >= 11 is 0. The fraction of sp³-hybridized carbons (Fsp3) is 0.824. The van der Waals surface area contributed by atoms with Gasteiger partial charge in [0.25, 0.3) is 0 Å². The van der Waals surface area contributed by atoms with Crippen LogP contribution >= 0.6 is 0 Å². The van der Waals surface area contributed by atoms with E-state index in [9.17, 15) is 0 Å². The van der Waals surface area contributed by atoms with Crippen molar-refractivity contribution < 1.29 is 0 Å². The second kappa shape index (κ2) is 11.0. The van der Waals surface area contributed by atoms with E-state index < -0.39 is 0 Å². The third-order valence-electron chi connectivity index (χ3n) is 4.65. The smallest absolute Gasteiger partial charge is 0.190 e. The zero-order valence-corrected chi connectivity index (χ0v) is 15.2. The average molecular weight is 336 g/mol. The summed E-state index contributed by atoms with van der Waals surface area (Å²) in [6.45, 7) is 8.96. The number of rotatable bonds is 9. The minimum absolute atomic E-state index is 0.909. The van der Waals surface area contributed by atoms with E-state index >= 15 is 0 Å². The van der Waals surface area contributed by atoms with Gasteiger partial charge in [-0.15, -0.1) is 10.2 Å². The lowest BCUT2D eigenvalue weighted by Crippen LogP contribution is -2.40. The Labute approximate surface area is 145 Å². The molecule has 2 heterocycles. The monoisotopic (exact) mass is 335 g/mol. The van der Waals surface area contributed by atoms with Crippen molar-refractivity contribution in [3.8, 4) is 0 Å². The van der Waals surface area contributed by atoms with Crippen LogP contribution in [0.4, 0.5) is 0 Å². The zero-order valence-electron chi connectivity index (χ0n) is 15.2. The molecule has 1 fully saturated rings. The van der Waals surface area contributed by atoms with Gasteiger partial charge in [-0.2, -0.15) is 0 Å².